The molecule has 0 fully saturated rings. The Bertz CT molecular complexity index is 1400. The molecule has 1 amide bonds. The van der Waals surface area contributed by atoms with Crippen molar-refractivity contribution in [2.75, 3.05) is 26.6 Å². The lowest BCUT2D eigenvalue weighted by molar-refractivity contribution is 0.101. The first kappa shape index (κ1) is 25.4. The van der Waals surface area contributed by atoms with E-state index >= 15 is 0 Å². The summed E-state index contributed by atoms with van der Waals surface area (Å²) in [4.78, 5) is 13.6. The number of rotatable bonds is 8. The Balaban J connectivity index is 1.89. The molecule has 0 unspecified atom stereocenters. The van der Waals surface area contributed by atoms with Gasteiger partial charge in [0.25, 0.3) is 5.91 Å². The maximum atomic E-state index is 13.6. The quantitative estimate of drug-likeness (QED) is 0.249. The standard InChI is InChI=1S/C29H28BrNO5/c1-17(2)36-28-23(33-3)15-14-21(30)26(28)29(32)31-22-13-9-12-19-20(22)16-24(34-4)27(35-5)25(19)18-10-7-6-8-11-18/h6-17H,1-5H3,(H,31,32). The molecule has 0 spiro atoms. The fraction of sp³-hybridized carbons (Fsp3) is 0.207. The second kappa shape index (κ2) is 10.9. The van der Waals surface area contributed by atoms with Crippen LogP contribution in [0.15, 0.2) is 71.2 Å². The number of ether oxygens (including phenoxy) is 4. The van der Waals surface area contributed by atoms with Crippen LogP contribution in [0, 0.1) is 0 Å². The van der Waals surface area contributed by atoms with Gasteiger partial charge in [0.05, 0.1) is 33.0 Å². The lowest BCUT2D eigenvalue weighted by atomic mass is 9.95. The van der Waals surface area contributed by atoms with Gasteiger partial charge < -0.3 is 24.3 Å². The summed E-state index contributed by atoms with van der Waals surface area (Å²) < 4.78 is 23.5. The monoisotopic (exact) mass is 549 g/mol. The molecule has 7 heteroatoms. The number of carbonyl (C=O) groups is 1. The van der Waals surface area contributed by atoms with Crippen LogP contribution in [0.5, 0.6) is 23.0 Å². The van der Waals surface area contributed by atoms with Crippen molar-refractivity contribution in [2.24, 2.45) is 0 Å². The van der Waals surface area contributed by atoms with Crippen molar-refractivity contribution in [3.8, 4) is 34.1 Å². The van der Waals surface area contributed by atoms with Crippen molar-refractivity contribution >= 4 is 38.3 Å². The van der Waals surface area contributed by atoms with Crippen molar-refractivity contribution in [3.63, 3.8) is 0 Å². The van der Waals surface area contributed by atoms with Gasteiger partial charge in [0.15, 0.2) is 23.0 Å². The Labute approximate surface area is 219 Å². The van der Waals surface area contributed by atoms with Crippen LogP contribution in [0.2, 0.25) is 0 Å². The highest BCUT2D eigenvalue weighted by atomic mass is 79.9. The Morgan fingerprint density at radius 1 is 0.806 bits per heavy atom. The average molecular weight is 550 g/mol. The van der Waals surface area contributed by atoms with Gasteiger partial charge in [-0.2, -0.15) is 0 Å². The van der Waals surface area contributed by atoms with Crippen LogP contribution in [0.25, 0.3) is 21.9 Å². The van der Waals surface area contributed by atoms with Crippen LogP contribution in [-0.2, 0) is 0 Å². The van der Waals surface area contributed by atoms with Gasteiger partial charge in [-0.3, -0.25) is 4.79 Å². The molecule has 0 saturated heterocycles. The van der Waals surface area contributed by atoms with Gasteiger partial charge in [0, 0.05) is 21.1 Å². The molecule has 0 aromatic heterocycles. The topological polar surface area (TPSA) is 66.0 Å². The van der Waals surface area contributed by atoms with Crippen molar-refractivity contribution < 1.29 is 23.7 Å². The van der Waals surface area contributed by atoms with Crippen LogP contribution in [-0.4, -0.2) is 33.3 Å². The van der Waals surface area contributed by atoms with Gasteiger partial charge >= 0.3 is 0 Å². The molecule has 0 radical (unpaired) electrons. The summed E-state index contributed by atoms with van der Waals surface area (Å²) in [5.74, 6) is 1.72. The Kier molecular flexibility index (Phi) is 7.70. The number of nitrogens with one attached hydrogen (secondary N) is 1. The molecule has 36 heavy (non-hydrogen) atoms. The molecule has 0 aliphatic heterocycles. The molecule has 4 rings (SSSR count). The molecule has 4 aromatic carbocycles. The number of hydrogen-bond acceptors (Lipinski definition) is 5. The van der Waals surface area contributed by atoms with E-state index in [1.807, 2.05) is 68.4 Å². The third-order valence-corrected chi connectivity index (χ3v) is 6.37. The number of hydrogen-bond donors (Lipinski definition) is 1. The van der Waals surface area contributed by atoms with Gasteiger partial charge in [-0.25, -0.2) is 0 Å². The SMILES string of the molecule is COc1ccc(Br)c(C(=O)Nc2cccc3c(-c4ccccc4)c(OC)c(OC)cc23)c1OC(C)C. The van der Waals surface area contributed by atoms with Crippen LogP contribution in [0.3, 0.4) is 0 Å². The number of anilines is 1. The largest absolute Gasteiger partial charge is 0.493 e. The zero-order chi connectivity index (χ0) is 25.8. The molecule has 0 heterocycles. The van der Waals surface area contributed by atoms with E-state index in [1.54, 1.807) is 33.5 Å². The van der Waals surface area contributed by atoms with Crippen LogP contribution < -0.4 is 24.3 Å². The molecule has 0 atom stereocenters. The summed E-state index contributed by atoms with van der Waals surface area (Å²) in [5.41, 5.74) is 2.84. The molecule has 186 valence electrons. The Morgan fingerprint density at radius 3 is 2.17 bits per heavy atom. The van der Waals surface area contributed by atoms with Gasteiger partial charge in [-0.1, -0.05) is 42.5 Å². The number of methoxy groups -OCH3 is 3. The molecular formula is C29H28BrNO5. The Morgan fingerprint density at radius 2 is 1.53 bits per heavy atom. The van der Waals surface area contributed by atoms with E-state index in [4.69, 9.17) is 18.9 Å². The predicted octanol–water partition coefficient (Wildman–Crippen LogP) is 7.33. The fourth-order valence-corrected chi connectivity index (χ4v) is 4.68. The number of carbonyl (C=O) groups excluding carboxylic acids is 1. The summed E-state index contributed by atoms with van der Waals surface area (Å²) in [6.07, 6.45) is -0.150. The van der Waals surface area contributed by atoms with Gasteiger partial charge in [-0.15, -0.1) is 0 Å². The van der Waals surface area contributed by atoms with Gasteiger partial charge in [-0.05, 0) is 65.0 Å². The maximum Gasteiger partial charge on any atom is 0.260 e. The number of benzene rings is 4. The van der Waals surface area contributed by atoms with Crippen LogP contribution in [0.4, 0.5) is 5.69 Å². The highest BCUT2D eigenvalue weighted by molar-refractivity contribution is 9.10. The molecule has 0 saturated carbocycles. The summed E-state index contributed by atoms with van der Waals surface area (Å²) in [6, 6.07) is 21.1. The van der Waals surface area contributed by atoms with Crippen LogP contribution in [0.1, 0.15) is 24.2 Å². The molecule has 0 aliphatic rings. The van der Waals surface area contributed by atoms with E-state index in [0.29, 0.717) is 38.7 Å². The first-order valence-electron chi connectivity index (χ1n) is 11.5. The third kappa shape index (κ3) is 4.84. The first-order chi connectivity index (χ1) is 17.4. The van der Waals surface area contributed by atoms with Crippen LogP contribution >= 0.6 is 15.9 Å². The minimum atomic E-state index is -0.333. The number of amides is 1. The lowest BCUT2D eigenvalue weighted by Crippen LogP contribution is -2.17. The zero-order valence-corrected chi connectivity index (χ0v) is 22.4. The van der Waals surface area contributed by atoms with E-state index in [1.165, 1.54) is 0 Å². The Hall–Kier alpha value is -3.71. The summed E-state index contributed by atoms with van der Waals surface area (Å²) in [5, 5.41) is 4.80. The summed E-state index contributed by atoms with van der Waals surface area (Å²) in [7, 11) is 4.77. The number of halogens is 1. The molecule has 0 aliphatic carbocycles. The molecule has 0 bridgehead atoms. The van der Waals surface area contributed by atoms with E-state index in [2.05, 4.69) is 21.2 Å². The average Bonchev–Trinajstić information content (AvgIpc) is 2.88. The maximum absolute atomic E-state index is 13.6. The normalized spacial score (nSPS) is 10.9. The minimum Gasteiger partial charge on any atom is -0.493 e. The smallest absolute Gasteiger partial charge is 0.260 e. The molecule has 6 nitrogen and oxygen atoms in total. The highest BCUT2D eigenvalue weighted by Gasteiger charge is 2.24. The predicted molar refractivity (Wildman–Crippen MR) is 147 cm³/mol. The van der Waals surface area contributed by atoms with Crippen molar-refractivity contribution in [3.05, 3.63) is 76.8 Å². The first-order valence-corrected chi connectivity index (χ1v) is 12.3. The second-order valence-electron chi connectivity index (χ2n) is 8.33. The van der Waals surface area contributed by atoms with Crippen molar-refractivity contribution in [1.82, 2.24) is 0 Å². The summed E-state index contributed by atoms with van der Waals surface area (Å²) >= 11 is 3.52. The van der Waals surface area contributed by atoms with Crippen molar-refractivity contribution in [1.29, 1.82) is 0 Å². The van der Waals surface area contributed by atoms with Gasteiger partial charge in [0.2, 0.25) is 0 Å². The minimum absolute atomic E-state index is 0.150. The lowest BCUT2D eigenvalue weighted by Gasteiger charge is -2.20. The van der Waals surface area contributed by atoms with Gasteiger partial charge in [0.1, 0.15) is 0 Å². The fourth-order valence-electron chi connectivity index (χ4n) is 4.18. The molecular weight excluding hydrogens is 522 g/mol. The number of fused-ring (bicyclic) bond motifs is 1. The zero-order valence-electron chi connectivity index (χ0n) is 20.8. The second-order valence-corrected chi connectivity index (χ2v) is 9.18. The van der Waals surface area contributed by atoms with Crippen molar-refractivity contribution in [2.45, 2.75) is 20.0 Å². The van der Waals surface area contributed by atoms with E-state index in [-0.39, 0.29) is 12.0 Å². The third-order valence-electron chi connectivity index (χ3n) is 5.71. The van der Waals surface area contributed by atoms with E-state index in [9.17, 15) is 4.79 Å². The molecule has 1 N–H and O–H groups in total. The molecule has 4 aromatic rings. The highest BCUT2D eigenvalue weighted by Crippen LogP contribution is 2.46. The van der Waals surface area contributed by atoms with E-state index < -0.39 is 0 Å². The summed E-state index contributed by atoms with van der Waals surface area (Å²) in [6.45, 7) is 3.80. The van der Waals surface area contributed by atoms with E-state index in [0.717, 1.165) is 21.9 Å².